The Balaban J connectivity index is 1.40. The molecule has 4 aromatic rings. The Hall–Kier alpha value is -4.41. The first-order valence-electron chi connectivity index (χ1n) is 11.1. The zero-order valence-corrected chi connectivity index (χ0v) is 19.2. The summed E-state index contributed by atoms with van der Waals surface area (Å²) in [4.78, 5) is 24.8. The van der Waals surface area contributed by atoms with Gasteiger partial charge in [0, 0.05) is 12.0 Å². The third-order valence-electron chi connectivity index (χ3n) is 5.89. The molecule has 1 unspecified atom stereocenters. The number of cyclic esters (lactones) is 1. The first-order chi connectivity index (χ1) is 16.9. The lowest BCUT2D eigenvalue weighted by atomic mass is 10.0. The standard InChI is InChI=1S/C24H23FN8O2/c1-13-5-3-7-16(14(13)2)23-29-21(20(25)22(26)30-23)18-12-33(32-31-18)11-15-6-4-8-19(27-15)28-17-9-10-35-24(17)34/h3-8,12,17H,9-11H2,1-2H3,(H,27,28)(H2,26,29,30). The van der Waals surface area contributed by atoms with E-state index in [1.165, 1.54) is 4.68 Å². The van der Waals surface area contributed by atoms with E-state index in [0.29, 0.717) is 30.4 Å². The number of ether oxygens (including phenoxy) is 1. The van der Waals surface area contributed by atoms with Crippen LogP contribution in [0.25, 0.3) is 22.8 Å². The van der Waals surface area contributed by atoms with Gasteiger partial charge in [-0.3, -0.25) is 0 Å². The summed E-state index contributed by atoms with van der Waals surface area (Å²) in [6.07, 6.45) is 2.17. The van der Waals surface area contributed by atoms with Gasteiger partial charge in [0.1, 0.15) is 23.2 Å². The topological polar surface area (TPSA) is 134 Å². The fourth-order valence-electron chi connectivity index (χ4n) is 3.85. The first-order valence-corrected chi connectivity index (χ1v) is 11.1. The van der Waals surface area contributed by atoms with Gasteiger partial charge in [-0.1, -0.05) is 29.5 Å². The van der Waals surface area contributed by atoms with Gasteiger partial charge in [0.25, 0.3) is 0 Å². The summed E-state index contributed by atoms with van der Waals surface area (Å²) in [6.45, 7) is 4.61. The number of anilines is 2. The van der Waals surface area contributed by atoms with Gasteiger partial charge in [-0.15, -0.1) is 5.10 Å². The van der Waals surface area contributed by atoms with Crippen LogP contribution in [-0.4, -0.2) is 48.6 Å². The van der Waals surface area contributed by atoms with Crippen molar-refractivity contribution in [3.05, 3.63) is 65.2 Å². The third kappa shape index (κ3) is 4.52. The van der Waals surface area contributed by atoms with E-state index in [-0.39, 0.29) is 29.7 Å². The van der Waals surface area contributed by atoms with Gasteiger partial charge < -0.3 is 15.8 Å². The summed E-state index contributed by atoms with van der Waals surface area (Å²) in [7, 11) is 0. The van der Waals surface area contributed by atoms with Crippen molar-refractivity contribution in [2.45, 2.75) is 32.9 Å². The summed E-state index contributed by atoms with van der Waals surface area (Å²) in [5.74, 6) is -0.422. The van der Waals surface area contributed by atoms with Crippen LogP contribution in [0.15, 0.2) is 42.6 Å². The van der Waals surface area contributed by atoms with Gasteiger partial charge >= 0.3 is 5.97 Å². The van der Waals surface area contributed by atoms with Crippen molar-refractivity contribution >= 4 is 17.6 Å². The molecule has 1 aliphatic heterocycles. The summed E-state index contributed by atoms with van der Waals surface area (Å²) < 4.78 is 21.4. The van der Waals surface area contributed by atoms with E-state index in [2.05, 4.69) is 30.6 Å². The number of nitrogen functional groups attached to an aromatic ring is 1. The Labute approximate surface area is 200 Å². The van der Waals surface area contributed by atoms with Gasteiger partial charge in [-0.05, 0) is 37.1 Å². The van der Waals surface area contributed by atoms with Crippen molar-refractivity contribution in [1.29, 1.82) is 0 Å². The van der Waals surface area contributed by atoms with Crippen LogP contribution in [0.4, 0.5) is 16.0 Å². The predicted molar refractivity (Wildman–Crippen MR) is 127 cm³/mol. The maximum Gasteiger partial charge on any atom is 0.328 e. The minimum atomic E-state index is -0.751. The lowest BCUT2D eigenvalue weighted by Gasteiger charge is -2.10. The van der Waals surface area contributed by atoms with E-state index in [1.54, 1.807) is 12.3 Å². The molecule has 11 heteroatoms. The second kappa shape index (κ2) is 9.09. The maximum absolute atomic E-state index is 14.9. The van der Waals surface area contributed by atoms with Crippen LogP contribution in [0.2, 0.25) is 0 Å². The van der Waals surface area contributed by atoms with Crippen LogP contribution in [0.5, 0.6) is 0 Å². The number of halogens is 1. The quantitative estimate of drug-likeness (QED) is 0.405. The zero-order valence-electron chi connectivity index (χ0n) is 19.2. The molecule has 0 bridgehead atoms. The molecule has 0 saturated carbocycles. The van der Waals surface area contributed by atoms with Gasteiger partial charge in [-0.2, -0.15) is 0 Å². The molecule has 0 radical (unpaired) electrons. The zero-order chi connectivity index (χ0) is 24.5. The Morgan fingerprint density at radius 1 is 1.17 bits per heavy atom. The summed E-state index contributed by atoms with van der Waals surface area (Å²) in [5.41, 5.74) is 9.58. The SMILES string of the molecule is Cc1cccc(-c2nc(N)c(F)c(-c3cn(Cc4cccc(NC5CCOC5=O)n4)nn3)n2)c1C. The highest BCUT2D eigenvalue weighted by molar-refractivity contribution is 5.80. The summed E-state index contributed by atoms with van der Waals surface area (Å²) in [6, 6.07) is 10.8. The van der Waals surface area contributed by atoms with Crippen molar-refractivity contribution < 1.29 is 13.9 Å². The number of aromatic nitrogens is 6. The molecule has 1 atom stereocenters. The number of benzene rings is 1. The van der Waals surface area contributed by atoms with Gasteiger partial charge in [0.05, 0.1) is 25.0 Å². The molecule has 0 amide bonds. The van der Waals surface area contributed by atoms with Crippen LogP contribution in [0.3, 0.4) is 0 Å². The first kappa shape index (κ1) is 22.4. The van der Waals surface area contributed by atoms with Crippen LogP contribution >= 0.6 is 0 Å². The Bertz CT molecular complexity index is 1420. The number of pyridine rings is 1. The van der Waals surface area contributed by atoms with Crippen molar-refractivity contribution in [1.82, 2.24) is 29.9 Å². The number of carbonyl (C=O) groups is 1. The maximum atomic E-state index is 14.9. The predicted octanol–water partition coefficient (Wildman–Crippen LogP) is 2.91. The van der Waals surface area contributed by atoms with Crippen molar-refractivity contribution in [2.75, 3.05) is 17.7 Å². The molecule has 0 aliphatic carbocycles. The molecule has 35 heavy (non-hydrogen) atoms. The molecule has 178 valence electrons. The molecule has 3 aromatic heterocycles. The van der Waals surface area contributed by atoms with Crippen LogP contribution in [0.1, 0.15) is 23.2 Å². The lowest BCUT2D eigenvalue weighted by molar-refractivity contribution is -0.138. The average molecular weight is 475 g/mol. The van der Waals surface area contributed by atoms with Gasteiger partial charge in [0.15, 0.2) is 17.5 Å². The van der Waals surface area contributed by atoms with Gasteiger partial charge in [0.2, 0.25) is 0 Å². The van der Waals surface area contributed by atoms with E-state index < -0.39 is 11.9 Å². The van der Waals surface area contributed by atoms with Crippen molar-refractivity contribution in [2.24, 2.45) is 0 Å². The van der Waals surface area contributed by atoms with E-state index in [0.717, 1.165) is 16.7 Å². The molecule has 1 saturated heterocycles. The molecule has 5 rings (SSSR count). The molecular formula is C24H23FN8O2. The molecule has 0 spiro atoms. The molecule has 1 aromatic carbocycles. The van der Waals surface area contributed by atoms with Crippen LogP contribution < -0.4 is 11.1 Å². The van der Waals surface area contributed by atoms with E-state index in [1.807, 2.05) is 44.2 Å². The number of esters is 1. The minimum absolute atomic E-state index is 0.0252. The highest BCUT2D eigenvalue weighted by Gasteiger charge is 2.26. The fraction of sp³-hybridized carbons (Fsp3) is 0.250. The van der Waals surface area contributed by atoms with E-state index >= 15 is 0 Å². The van der Waals surface area contributed by atoms with Gasteiger partial charge in [-0.25, -0.2) is 28.8 Å². The number of rotatable bonds is 6. The Morgan fingerprint density at radius 3 is 2.80 bits per heavy atom. The molecule has 1 aliphatic rings. The number of hydrogen-bond donors (Lipinski definition) is 2. The van der Waals surface area contributed by atoms with E-state index in [4.69, 9.17) is 10.5 Å². The number of nitrogens with zero attached hydrogens (tertiary/aromatic N) is 6. The molecule has 3 N–H and O–H groups in total. The number of aryl methyl sites for hydroxylation is 1. The Morgan fingerprint density at radius 2 is 2.00 bits per heavy atom. The molecule has 10 nitrogen and oxygen atoms in total. The monoisotopic (exact) mass is 474 g/mol. The number of carbonyl (C=O) groups excluding carboxylic acids is 1. The molecule has 4 heterocycles. The highest BCUT2D eigenvalue weighted by atomic mass is 19.1. The lowest BCUT2D eigenvalue weighted by Crippen LogP contribution is -2.25. The third-order valence-corrected chi connectivity index (χ3v) is 5.89. The van der Waals surface area contributed by atoms with Crippen molar-refractivity contribution in [3.8, 4) is 22.8 Å². The molecular weight excluding hydrogens is 451 g/mol. The second-order valence-corrected chi connectivity index (χ2v) is 8.31. The van der Waals surface area contributed by atoms with Crippen LogP contribution in [0, 0.1) is 19.7 Å². The number of nitrogens with two attached hydrogens (primary N) is 1. The largest absolute Gasteiger partial charge is 0.464 e. The number of hydrogen-bond acceptors (Lipinski definition) is 9. The Kier molecular flexibility index (Phi) is 5.81. The fourth-order valence-corrected chi connectivity index (χ4v) is 3.85. The highest BCUT2D eigenvalue weighted by Crippen LogP contribution is 2.28. The molecule has 1 fully saturated rings. The smallest absolute Gasteiger partial charge is 0.328 e. The summed E-state index contributed by atoms with van der Waals surface area (Å²) >= 11 is 0. The van der Waals surface area contributed by atoms with E-state index in [9.17, 15) is 9.18 Å². The van der Waals surface area contributed by atoms with Crippen LogP contribution in [-0.2, 0) is 16.1 Å². The average Bonchev–Trinajstić information content (AvgIpc) is 3.46. The number of nitrogens with one attached hydrogen (secondary N) is 1. The minimum Gasteiger partial charge on any atom is -0.464 e. The summed E-state index contributed by atoms with van der Waals surface area (Å²) in [5, 5.41) is 11.3. The normalized spacial score (nSPS) is 15.3. The second-order valence-electron chi connectivity index (χ2n) is 8.31. The van der Waals surface area contributed by atoms with Crippen molar-refractivity contribution in [3.63, 3.8) is 0 Å².